The Morgan fingerprint density at radius 2 is 2.00 bits per heavy atom. The van der Waals surface area contributed by atoms with E-state index in [2.05, 4.69) is 12.2 Å². The van der Waals surface area contributed by atoms with Crippen molar-refractivity contribution in [1.82, 2.24) is 0 Å². The molecule has 3 nitrogen and oxygen atoms in total. The van der Waals surface area contributed by atoms with Crippen molar-refractivity contribution < 1.29 is 9.53 Å². The summed E-state index contributed by atoms with van der Waals surface area (Å²) in [4.78, 5) is 12.1. The Hall–Kier alpha value is -1.61. The first kappa shape index (κ1) is 11.5. The summed E-state index contributed by atoms with van der Waals surface area (Å²) in [6.45, 7) is 0.505. The van der Waals surface area contributed by atoms with Gasteiger partial charge in [0.25, 0.3) is 0 Å². The molecule has 2 aliphatic carbocycles. The van der Waals surface area contributed by atoms with Crippen molar-refractivity contribution in [2.24, 2.45) is 23.5 Å². The highest BCUT2D eigenvalue weighted by Crippen LogP contribution is 2.43. The van der Waals surface area contributed by atoms with E-state index in [4.69, 9.17) is 10.5 Å². The van der Waals surface area contributed by atoms with E-state index in [-0.39, 0.29) is 11.9 Å². The number of benzene rings is 1. The van der Waals surface area contributed by atoms with Gasteiger partial charge in [-0.15, -0.1) is 0 Å². The molecule has 0 aromatic heterocycles. The van der Waals surface area contributed by atoms with Gasteiger partial charge in [-0.3, -0.25) is 4.79 Å². The topological polar surface area (TPSA) is 52.3 Å². The van der Waals surface area contributed by atoms with Gasteiger partial charge in [-0.2, -0.15) is 0 Å². The van der Waals surface area contributed by atoms with Crippen molar-refractivity contribution in [1.29, 1.82) is 0 Å². The van der Waals surface area contributed by atoms with Gasteiger partial charge in [0.1, 0.15) is 5.75 Å². The van der Waals surface area contributed by atoms with Crippen LogP contribution in [-0.4, -0.2) is 5.97 Å². The summed E-state index contributed by atoms with van der Waals surface area (Å²) in [5, 5.41) is 0. The van der Waals surface area contributed by atoms with E-state index < -0.39 is 0 Å². The average Bonchev–Trinajstić information content (AvgIpc) is 3.02. The van der Waals surface area contributed by atoms with Gasteiger partial charge < -0.3 is 10.5 Å². The highest BCUT2D eigenvalue weighted by atomic mass is 16.5. The summed E-state index contributed by atoms with van der Waals surface area (Å²) in [6.07, 6.45) is 6.45. The van der Waals surface area contributed by atoms with Crippen LogP contribution in [0, 0.1) is 17.8 Å². The number of rotatable bonds is 3. The largest absolute Gasteiger partial charge is 0.426 e. The summed E-state index contributed by atoms with van der Waals surface area (Å²) < 4.78 is 5.44. The molecule has 3 unspecified atom stereocenters. The minimum absolute atomic E-state index is 0.0502. The first-order valence-corrected chi connectivity index (χ1v) is 6.45. The van der Waals surface area contributed by atoms with Crippen molar-refractivity contribution in [2.75, 3.05) is 0 Å². The van der Waals surface area contributed by atoms with E-state index in [1.165, 1.54) is 0 Å². The molecule has 2 aliphatic rings. The third kappa shape index (κ3) is 2.06. The first-order valence-electron chi connectivity index (χ1n) is 6.45. The van der Waals surface area contributed by atoms with Gasteiger partial charge in [0, 0.05) is 6.54 Å². The second-order valence-corrected chi connectivity index (χ2v) is 5.16. The van der Waals surface area contributed by atoms with E-state index in [0.717, 1.165) is 18.4 Å². The lowest BCUT2D eigenvalue weighted by Gasteiger charge is -2.16. The van der Waals surface area contributed by atoms with E-state index in [1.807, 2.05) is 24.3 Å². The van der Waals surface area contributed by atoms with Gasteiger partial charge in [-0.1, -0.05) is 24.3 Å². The molecule has 1 saturated carbocycles. The third-order valence-corrected chi connectivity index (χ3v) is 3.96. The Balaban J connectivity index is 1.65. The maximum Gasteiger partial charge on any atom is 0.314 e. The normalized spacial score (nSPS) is 28.6. The molecule has 0 heterocycles. The molecule has 1 aromatic rings. The van der Waals surface area contributed by atoms with Crippen molar-refractivity contribution >= 4 is 5.97 Å². The van der Waals surface area contributed by atoms with Crippen LogP contribution in [0.1, 0.15) is 18.4 Å². The summed E-state index contributed by atoms with van der Waals surface area (Å²) in [7, 11) is 0. The first-order chi connectivity index (χ1) is 8.76. The van der Waals surface area contributed by atoms with Crippen molar-refractivity contribution in [3.05, 3.63) is 42.0 Å². The molecule has 2 N–H and O–H groups in total. The fraction of sp³-hybridized carbons (Fsp3) is 0.400. The molecule has 0 spiro atoms. The van der Waals surface area contributed by atoms with Gasteiger partial charge >= 0.3 is 5.97 Å². The summed E-state index contributed by atoms with van der Waals surface area (Å²) in [5.41, 5.74) is 6.57. The molecule has 0 radical (unpaired) electrons. The third-order valence-electron chi connectivity index (χ3n) is 3.96. The SMILES string of the molecule is NCc1ccc(OC(=O)C2CC3C=CC2C3)cc1. The lowest BCUT2D eigenvalue weighted by molar-refractivity contribution is -0.139. The van der Waals surface area contributed by atoms with Crippen molar-refractivity contribution in [3.8, 4) is 5.75 Å². The number of fused-ring (bicyclic) bond motifs is 2. The zero-order chi connectivity index (χ0) is 12.5. The molecule has 94 valence electrons. The Labute approximate surface area is 107 Å². The predicted molar refractivity (Wildman–Crippen MR) is 68.8 cm³/mol. The number of hydrogen-bond donors (Lipinski definition) is 1. The highest BCUT2D eigenvalue weighted by molar-refractivity contribution is 5.76. The van der Waals surface area contributed by atoms with Crippen LogP contribution in [0.25, 0.3) is 0 Å². The minimum atomic E-state index is -0.0904. The second-order valence-electron chi connectivity index (χ2n) is 5.16. The van der Waals surface area contributed by atoms with Crippen LogP contribution in [0.15, 0.2) is 36.4 Å². The lowest BCUT2D eigenvalue weighted by Crippen LogP contribution is -2.23. The van der Waals surface area contributed by atoms with Crippen LogP contribution >= 0.6 is 0 Å². The number of esters is 1. The summed E-state index contributed by atoms with van der Waals surface area (Å²) in [6, 6.07) is 7.40. The molecule has 3 rings (SSSR count). The van der Waals surface area contributed by atoms with Crippen molar-refractivity contribution in [3.63, 3.8) is 0 Å². The zero-order valence-corrected chi connectivity index (χ0v) is 10.2. The van der Waals surface area contributed by atoms with Crippen LogP contribution in [-0.2, 0) is 11.3 Å². The number of hydrogen-bond acceptors (Lipinski definition) is 3. The molecular weight excluding hydrogens is 226 g/mol. The molecule has 0 aliphatic heterocycles. The molecule has 1 fully saturated rings. The summed E-state index contributed by atoms with van der Waals surface area (Å²) >= 11 is 0. The Morgan fingerprint density at radius 1 is 1.22 bits per heavy atom. The minimum Gasteiger partial charge on any atom is -0.426 e. The van der Waals surface area contributed by atoms with Gasteiger partial charge in [-0.05, 0) is 42.4 Å². The second kappa shape index (κ2) is 4.58. The van der Waals surface area contributed by atoms with Crippen LogP contribution in [0.2, 0.25) is 0 Å². The van der Waals surface area contributed by atoms with Gasteiger partial charge in [0.15, 0.2) is 0 Å². The Bertz CT molecular complexity index is 478. The number of carbonyl (C=O) groups is 1. The van der Waals surface area contributed by atoms with Crippen LogP contribution in [0.5, 0.6) is 5.75 Å². The Kier molecular flexibility index (Phi) is 2.92. The summed E-state index contributed by atoms with van der Waals surface area (Å²) in [5.74, 6) is 1.56. The predicted octanol–water partition coefficient (Wildman–Crippen LogP) is 2.26. The van der Waals surface area contributed by atoms with Gasteiger partial charge in [0.2, 0.25) is 0 Å². The monoisotopic (exact) mass is 243 g/mol. The van der Waals surface area contributed by atoms with Crippen molar-refractivity contribution in [2.45, 2.75) is 19.4 Å². The van der Waals surface area contributed by atoms with Gasteiger partial charge in [0.05, 0.1) is 5.92 Å². The van der Waals surface area contributed by atoms with E-state index >= 15 is 0 Å². The molecule has 0 saturated heterocycles. The molecule has 1 aromatic carbocycles. The highest BCUT2D eigenvalue weighted by Gasteiger charge is 2.40. The van der Waals surface area contributed by atoms with E-state index in [9.17, 15) is 4.79 Å². The fourth-order valence-electron chi connectivity index (χ4n) is 2.94. The zero-order valence-electron chi connectivity index (χ0n) is 10.2. The smallest absolute Gasteiger partial charge is 0.314 e. The number of allylic oxidation sites excluding steroid dienone is 2. The van der Waals surface area contributed by atoms with Crippen LogP contribution < -0.4 is 10.5 Å². The molecular formula is C15H17NO2. The standard InChI is InChI=1S/C15H17NO2/c16-9-10-2-5-13(6-3-10)18-15(17)14-8-11-1-4-12(14)7-11/h1-6,11-12,14H,7-9,16H2. The average molecular weight is 243 g/mol. The maximum absolute atomic E-state index is 12.1. The molecule has 18 heavy (non-hydrogen) atoms. The van der Waals surface area contributed by atoms with Gasteiger partial charge in [-0.25, -0.2) is 0 Å². The van der Waals surface area contributed by atoms with Crippen LogP contribution in [0.3, 0.4) is 0 Å². The fourth-order valence-corrected chi connectivity index (χ4v) is 2.94. The maximum atomic E-state index is 12.1. The number of ether oxygens (including phenoxy) is 1. The molecule has 3 heteroatoms. The molecule has 0 amide bonds. The quantitative estimate of drug-likeness (QED) is 0.503. The lowest BCUT2D eigenvalue weighted by atomic mass is 9.94. The van der Waals surface area contributed by atoms with E-state index in [0.29, 0.717) is 24.1 Å². The number of carbonyl (C=O) groups excluding carboxylic acids is 1. The van der Waals surface area contributed by atoms with Crippen LogP contribution in [0.4, 0.5) is 0 Å². The van der Waals surface area contributed by atoms with E-state index in [1.54, 1.807) is 0 Å². The molecule has 3 atom stereocenters. The molecule has 2 bridgehead atoms. The number of nitrogens with two attached hydrogens (primary N) is 1. The Morgan fingerprint density at radius 3 is 2.56 bits per heavy atom.